The second-order valence-electron chi connectivity index (χ2n) is 7.38. The van der Waals surface area contributed by atoms with Crippen LogP contribution in [0.1, 0.15) is 11.6 Å². The highest BCUT2D eigenvalue weighted by Crippen LogP contribution is 2.33. The third kappa shape index (κ3) is 4.38. The monoisotopic (exact) mass is 414 g/mol. The SMILES string of the molecule is COC(=O)NC[C@@H](c1ccc2c(c1)OCO2)[NH+]1CCN(c2ccc(OC)cc2)CC1. The Morgan fingerprint density at radius 3 is 2.53 bits per heavy atom. The topological polar surface area (TPSA) is 73.7 Å². The Kier molecular flexibility index (Phi) is 6.13. The van der Waals surface area contributed by atoms with Crippen molar-refractivity contribution < 1.29 is 28.6 Å². The molecule has 0 saturated carbocycles. The van der Waals surface area contributed by atoms with Crippen LogP contribution in [-0.2, 0) is 4.74 Å². The zero-order valence-electron chi connectivity index (χ0n) is 17.3. The van der Waals surface area contributed by atoms with E-state index in [2.05, 4.69) is 28.4 Å². The zero-order valence-corrected chi connectivity index (χ0v) is 17.3. The molecule has 8 nitrogen and oxygen atoms in total. The summed E-state index contributed by atoms with van der Waals surface area (Å²) in [4.78, 5) is 15.5. The molecule has 0 aliphatic carbocycles. The molecule has 2 aliphatic heterocycles. The molecular weight excluding hydrogens is 386 g/mol. The van der Waals surface area contributed by atoms with E-state index >= 15 is 0 Å². The van der Waals surface area contributed by atoms with E-state index in [-0.39, 0.29) is 12.8 Å². The first-order chi connectivity index (χ1) is 14.7. The van der Waals surface area contributed by atoms with E-state index in [0.717, 1.165) is 49.0 Å². The highest BCUT2D eigenvalue weighted by atomic mass is 16.7. The van der Waals surface area contributed by atoms with Gasteiger partial charge in [-0.3, -0.25) is 0 Å². The maximum Gasteiger partial charge on any atom is 0.407 e. The molecule has 2 aromatic rings. The number of carbonyl (C=O) groups is 1. The third-order valence-corrected chi connectivity index (χ3v) is 5.77. The Hall–Kier alpha value is -3.13. The number of rotatable bonds is 6. The number of ether oxygens (including phenoxy) is 4. The summed E-state index contributed by atoms with van der Waals surface area (Å²) in [6.45, 7) is 4.51. The Morgan fingerprint density at radius 2 is 1.83 bits per heavy atom. The predicted molar refractivity (Wildman–Crippen MR) is 112 cm³/mol. The second-order valence-corrected chi connectivity index (χ2v) is 7.38. The standard InChI is InChI=1S/C22H27N3O5/c1-27-18-6-4-17(5-7-18)24-9-11-25(12-10-24)19(14-23-22(26)28-2)16-3-8-20-21(13-16)30-15-29-20/h3-8,13,19H,9-12,14-15H2,1-2H3,(H,23,26)/p+1/t19-/m0/s1. The average Bonchev–Trinajstić information content (AvgIpc) is 3.27. The van der Waals surface area contributed by atoms with Gasteiger partial charge in [0.15, 0.2) is 11.5 Å². The number of hydrogen-bond donors (Lipinski definition) is 2. The summed E-state index contributed by atoms with van der Waals surface area (Å²) in [5, 5.41) is 2.87. The van der Waals surface area contributed by atoms with Crippen molar-refractivity contribution >= 4 is 11.8 Å². The molecule has 8 heteroatoms. The molecule has 2 heterocycles. The van der Waals surface area contributed by atoms with Gasteiger partial charge in [0.05, 0.1) is 46.9 Å². The number of hydrogen-bond acceptors (Lipinski definition) is 6. The minimum Gasteiger partial charge on any atom is -0.497 e. The van der Waals surface area contributed by atoms with Gasteiger partial charge in [0, 0.05) is 11.3 Å². The van der Waals surface area contributed by atoms with Crippen LogP contribution in [0, 0.1) is 0 Å². The molecular formula is C22H28N3O5+. The molecule has 2 aromatic carbocycles. The largest absolute Gasteiger partial charge is 0.497 e. The number of nitrogens with one attached hydrogen (secondary N) is 2. The lowest BCUT2D eigenvalue weighted by atomic mass is 10.0. The molecule has 30 heavy (non-hydrogen) atoms. The van der Waals surface area contributed by atoms with Crippen LogP contribution in [0.25, 0.3) is 0 Å². The molecule has 0 bridgehead atoms. The first-order valence-corrected chi connectivity index (χ1v) is 10.1. The maximum absolute atomic E-state index is 11.7. The summed E-state index contributed by atoms with van der Waals surface area (Å²) in [5.41, 5.74) is 2.31. The number of amides is 1. The molecule has 0 aromatic heterocycles. The van der Waals surface area contributed by atoms with Gasteiger partial charge in [-0.1, -0.05) is 0 Å². The van der Waals surface area contributed by atoms with Crippen molar-refractivity contribution in [3.63, 3.8) is 0 Å². The molecule has 0 unspecified atom stereocenters. The number of anilines is 1. The van der Waals surface area contributed by atoms with Crippen LogP contribution >= 0.6 is 0 Å². The van der Waals surface area contributed by atoms with E-state index < -0.39 is 6.09 Å². The Labute approximate surface area is 176 Å². The molecule has 2 N–H and O–H groups in total. The first kappa shape index (κ1) is 20.2. The fraction of sp³-hybridized carbons (Fsp3) is 0.409. The van der Waals surface area contributed by atoms with Crippen molar-refractivity contribution in [2.45, 2.75) is 6.04 Å². The van der Waals surface area contributed by atoms with Gasteiger partial charge in [-0.05, 0) is 42.5 Å². The van der Waals surface area contributed by atoms with Crippen LogP contribution in [0.2, 0.25) is 0 Å². The van der Waals surface area contributed by atoms with E-state index in [1.165, 1.54) is 17.7 Å². The Bertz CT molecular complexity index is 866. The molecule has 1 fully saturated rings. The van der Waals surface area contributed by atoms with Crippen molar-refractivity contribution in [1.29, 1.82) is 0 Å². The van der Waals surface area contributed by atoms with E-state index in [1.54, 1.807) is 7.11 Å². The summed E-state index contributed by atoms with van der Waals surface area (Å²) in [6, 6.07) is 14.3. The number of nitrogens with zero attached hydrogens (tertiary/aromatic N) is 1. The van der Waals surface area contributed by atoms with Gasteiger partial charge >= 0.3 is 6.09 Å². The quantitative estimate of drug-likeness (QED) is 0.741. The average molecular weight is 414 g/mol. The zero-order chi connectivity index (χ0) is 20.9. The van der Waals surface area contributed by atoms with Gasteiger partial charge in [-0.15, -0.1) is 0 Å². The lowest BCUT2D eigenvalue weighted by Crippen LogP contribution is -3.15. The van der Waals surface area contributed by atoms with Crippen molar-refractivity contribution in [3.8, 4) is 17.2 Å². The third-order valence-electron chi connectivity index (χ3n) is 5.77. The summed E-state index contributed by atoms with van der Waals surface area (Å²) in [6.07, 6.45) is -0.419. The lowest BCUT2D eigenvalue weighted by Gasteiger charge is -2.37. The van der Waals surface area contributed by atoms with Crippen molar-refractivity contribution in [2.24, 2.45) is 0 Å². The molecule has 1 atom stereocenters. The van der Waals surface area contributed by atoms with Crippen LogP contribution in [-0.4, -0.2) is 59.8 Å². The maximum atomic E-state index is 11.7. The predicted octanol–water partition coefficient (Wildman–Crippen LogP) is 1.23. The highest BCUT2D eigenvalue weighted by Gasteiger charge is 2.30. The number of carbonyl (C=O) groups excluding carboxylic acids is 1. The van der Waals surface area contributed by atoms with Crippen LogP contribution in [0.3, 0.4) is 0 Å². The van der Waals surface area contributed by atoms with Gasteiger partial charge < -0.3 is 34.1 Å². The molecule has 1 amide bonds. The van der Waals surface area contributed by atoms with Gasteiger partial charge in [-0.2, -0.15) is 0 Å². The molecule has 0 radical (unpaired) electrons. The Balaban J connectivity index is 1.46. The Morgan fingerprint density at radius 1 is 1.10 bits per heavy atom. The lowest BCUT2D eigenvalue weighted by molar-refractivity contribution is -0.931. The normalized spacial score (nSPS) is 16.8. The van der Waals surface area contributed by atoms with Gasteiger partial charge in [0.2, 0.25) is 6.79 Å². The highest BCUT2D eigenvalue weighted by molar-refractivity contribution is 5.66. The number of quaternary nitrogens is 1. The number of fused-ring (bicyclic) bond motifs is 1. The molecule has 1 saturated heterocycles. The molecule has 160 valence electrons. The first-order valence-electron chi connectivity index (χ1n) is 10.1. The van der Waals surface area contributed by atoms with E-state index in [4.69, 9.17) is 18.9 Å². The summed E-state index contributed by atoms with van der Waals surface area (Å²) in [5.74, 6) is 2.38. The number of benzene rings is 2. The van der Waals surface area contributed by atoms with Crippen LogP contribution in [0.15, 0.2) is 42.5 Å². The number of alkyl carbamates (subject to hydrolysis) is 1. The molecule has 2 aliphatic rings. The van der Waals surface area contributed by atoms with Crippen LogP contribution in [0.5, 0.6) is 17.2 Å². The van der Waals surface area contributed by atoms with Crippen LogP contribution in [0.4, 0.5) is 10.5 Å². The van der Waals surface area contributed by atoms with Crippen molar-refractivity contribution in [2.75, 3.05) is 58.6 Å². The van der Waals surface area contributed by atoms with Gasteiger partial charge in [0.25, 0.3) is 0 Å². The van der Waals surface area contributed by atoms with E-state index in [9.17, 15) is 4.79 Å². The summed E-state index contributed by atoms with van der Waals surface area (Å²) in [7, 11) is 3.06. The van der Waals surface area contributed by atoms with Gasteiger partial charge in [-0.25, -0.2) is 4.79 Å². The summed E-state index contributed by atoms with van der Waals surface area (Å²) < 4.78 is 21.0. The fourth-order valence-electron chi connectivity index (χ4n) is 4.08. The van der Waals surface area contributed by atoms with Gasteiger partial charge in [0.1, 0.15) is 11.8 Å². The minimum absolute atomic E-state index is 0.0941. The fourth-order valence-corrected chi connectivity index (χ4v) is 4.08. The van der Waals surface area contributed by atoms with Crippen LogP contribution < -0.4 is 29.3 Å². The minimum atomic E-state index is -0.419. The molecule has 0 spiro atoms. The van der Waals surface area contributed by atoms with Crippen molar-refractivity contribution in [1.82, 2.24) is 5.32 Å². The summed E-state index contributed by atoms with van der Waals surface area (Å²) >= 11 is 0. The number of piperazine rings is 1. The van der Waals surface area contributed by atoms with Crippen molar-refractivity contribution in [3.05, 3.63) is 48.0 Å². The van der Waals surface area contributed by atoms with E-state index in [1.807, 2.05) is 24.3 Å². The van der Waals surface area contributed by atoms with E-state index in [0.29, 0.717) is 6.54 Å². The second kappa shape index (κ2) is 9.13. The smallest absolute Gasteiger partial charge is 0.407 e. The molecule has 4 rings (SSSR count). The number of methoxy groups -OCH3 is 2.